The van der Waals surface area contributed by atoms with E-state index in [1.807, 2.05) is 30.7 Å². The van der Waals surface area contributed by atoms with E-state index >= 15 is 0 Å². The molecule has 3 aliphatic heterocycles. The maximum Gasteiger partial charge on any atom is 0.212 e. The summed E-state index contributed by atoms with van der Waals surface area (Å²) in [6.07, 6.45) is 8.54. The zero-order valence-electron chi connectivity index (χ0n) is 23.8. The van der Waals surface area contributed by atoms with E-state index in [4.69, 9.17) is 14.5 Å². The highest BCUT2D eigenvalue weighted by Gasteiger charge is 2.40. The van der Waals surface area contributed by atoms with E-state index in [0.29, 0.717) is 30.1 Å². The van der Waals surface area contributed by atoms with Crippen LogP contribution in [-0.2, 0) is 6.54 Å². The number of pyridine rings is 3. The largest absolute Gasteiger partial charge is 0.491 e. The van der Waals surface area contributed by atoms with Crippen molar-refractivity contribution in [1.29, 1.82) is 5.26 Å². The van der Waals surface area contributed by atoms with Crippen LogP contribution in [0.3, 0.4) is 0 Å². The van der Waals surface area contributed by atoms with Crippen LogP contribution in [0.15, 0.2) is 55.1 Å². The highest BCUT2D eigenvalue weighted by molar-refractivity contribution is 5.85. The smallest absolute Gasteiger partial charge is 0.212 e. The Morgan fingerprint density at radius 3 is 2.57 bits per heavy atom. The second kappa shape index (κ2) is 11.6. The van der Waals surface area contributed by atoms with Gasteiger partial charge in [-0.25, -0.2) is 14.5 Å². The average molecular weight is 566 g/mol. The zero-order chi connectivity index (χ0) is 28.5. The molecule has 11 nitrogen and oxygen atoms in total. The van der Waals surface area contributed by atoms with Crippen LogP contribution in [0.25, 0.3) is 16.6 Å². The average Bonchev–Trinajstić information content (AvgIpc) is 3.47. The molecule has 0 aromatic carbocycles. The van der Waals surface area contributed by atoms with Crippen LogP contribution < -0.4 is 19.7 Å². The number of ether oxygens (including phenoxy) is 2. The predicted molar refractivity (Wildman–Crippen MR) is 159 cm³/mol. The van der Waals surface area contributed by atoms with Gasteiger partial charge in [0, 0.05) is 94.0 Å². The molecule has 7 heterocycles. The van der Waals surface area contributed by atoms with Gasteiger partial charge >= 0.3 is 0 Å². The number of nitrogens with zero attached hydrogens (tertiary/aromatic N) is 8. The minimum absolute atomic E-state index is 0.532. The monoisotopic (exact) mass is 565 g/mol. The van der Waals surface area contributed by atoms with E-state index in [1.54, 1.807) is 17.8 Å². The standard InChI is InChI=1S/C31H35N9O2/c1-41-30-5-2-22(15-35-30)20-37-6-8-38(9-7-37)29-4-3-23(16-34-29)28-13-27(21-40-31(28)24(14-32)17-36-40)42-11-10-39-25-12-26(39)19-33-18-25/h2-5,13,15-17,21,25-26,33H,6-12,18-20H2,1H3. The predicted octanol–water partition coefficient (Wildman–Crippen LogP) is 2.42. The van der Waals surface area contributed by atoms with Crippen molar-refractivity contribution in [2.75, 3.05) is 64.4 Å². The van der Waals surface area contributed by atoms with E-state index in [2.05, 4.69) is 54.4 Å². The van der Waals surface area contributed by atoms with Gasteiger partial charge in [0.15, 0.2) is 0 Å². The SMILES string of the molecule is COc1ccc(CN2CCN(c3ccc(-c4cc(OCCN5C6CNCC5C6)cn5ncc(C#N)c45)cn3)CC2)cn1. The molecule has 216 valence electrons. The first kappa shape index (κ1) is 26.6. The summed E-state index contributed by atoms with van der Waals surface area (Å²) in [5.74, 6) is 2.33. The Labute approximate surface area is 245 Å². The fourth-order valence-corrected chi connectivity index (χ4v) is 6.43. The molecule has 4 aromatic heterocycles. The number of rotatable bonds is 9. The van der Waals surface area contributed by atoms with Crippen molar-refractivity contribution in [3.8, 4) is 28.8 Å². The van der Waals surface area contributed by atoms with Crippen LogP contribution >= 0.6 is 0 Å². The molecular formula is C31H35N9O2. The normalized spacial score (nSPS) is 20.7. The number of nitrogens with one attached hydrogen (secondary N) is 1. The number of piperidine rings is 1. The fourth-order valence-electron chi connectivity index (χ4n) is 6.43. The Morgan fingerprint density at radius 1 is 1.02 bits per heavy atom. The maximum absolute atomic E-state index is 9.75. The number of piperazine rings is 2. The Morgan fingerprint density at radius 2 is 1.88 bits per heavy atom. The van der Waals surface area contributed by atoms with Gasteiger partial charge in [0.1, 0.15) is 24.2 Å². The van der Waals surface area contributed by atoms with E-state index in [9.17, 15) is 5.26 Å². The molecule has 0 aliphatic carbocycles. The van der Waals surface area contributed by atoms with Crippen molar-refractivity contribution in [2.24, 2.45) is 0 Å². The van der Waals surface area contributed by atoms with Gasteiger partial charge in [-0.05, 0) is 30.2 Å². The first-order chi connectivity index (χ1) is 20.7. The minimum atomic E-state index is 0.532. The number of methoxy groups -OCH3 is 1. The van der Waals surface area contributed by atoms with Gasteiger partial charge in [-0.1, -0.05) is 6.07 Å². The number of fused-ring (bicyclic) bond motifs is 3. The first-order valence-corrected chi connectivity index (χ1v) is 14.6. The Kier molecular flexibility index (Phi) is 7.34. The third-order valence-electron chi connectivity index (χ3n) is 8.74. The lowest BCUT2D eigenvalue weighted by molar-refractivity contribution is -0.0212. The van der Waals surface area contributed by atoms with Crippen molar-refractivity contribution >= 4 is 11.3 Å². The van der Waals surface area contributed by atoms with E-state index in [-0.39, 0.29) is 0 Å². The molecule has 3 fully saturated rings. The van der Waals surface area contributed by atoms with Crippen molar-refractivity contribution in [3.63, 3.8) is 0 Å². The molecule has 42 heavy (non-hydrogen) atoms. The second-order valence-corrected chi connectivity index (χ2v) is 11.2. The van der Waals surface area contributed by atoms with Crippen molar-refractivity contribution in [2.45, 2.75) is 25.0 Å². The van der Waals surface area contributed by atoms with E-state index in [0.717, 1.165) is 80.6 Å². The highest BCUT2D eigenvalue weighted by atomic mass is 16.5. The lowest BCUT2D eigenvalue weighted by atomic mass is 9.89. The van der Waals surface area contributed by atoms with Gasteiger partial charge in [0.05, 0.1) is 30.6 Å². The van der Waals surface area contributed by atoms with Gasteiger partial charge in [0.25, 0.3) is 0 Å². The molecule has 3 saturated heterocycles. The molecule has 0 spiro atoms. The number of anilines is 1. The lowest BCUT2D eigenvalue weighted by Crippen LogP contribution is -2.68. The number of aromatic nitrogens is 4. The summed E-state index contributed by atoms with van der Waals surface area (Å²) in [6.45, 7) is 8.23. The molecule has 0 amide bonds. The van der Waals surface area contributed by atoms with E-state index < -0.39 is 0 Å². The van der Waals surface area contributed by atoms with Crippen LogP contribution in [0.2, 0.25) is 0 Å². The molecule has 3 aliphatic rings. The summed E-state index contributed by atoms with van der Waals surface area (Å²) in [5, 5.41) is 17.7. The topological polar surface area (TPSA) is 107 Å². The van der Waals surface area contributed by atoms with Gasteiger partial charge in [-0.2, -0.15) is 10.4 Å². The molecule has 4 aromatic rings. The molecule has 11 heteroatoms. The number of nitriles is 1. The third kappa shape index (κ3) is 5.25. The summed E-state index contributed by atoms with van der Waals surface area (Å²) < 4.78 is 13.1. The second-order valence-electron chi connectivity index (χ2n) is 11.2. The van der Waals surface area contributed by atoms with Gasteiger partial charge in [-0.3, -0.25) is 9.80 Å². The zero-order valence-corrected chi connectivity index (χ0v) is 23.8. The van der Waals surface area contributed by atoms with Gasteiger partial charge in [-0.15, -0.1) is 0 Å². The minimum Gasteiger partial charge on any atom is -0.491 e. The molecule has 0 saturated carbocycles. The molecular weight excluding hydrogens is 530 g/mol. The summed E-state index contributed by atoms with van der Waals surface area (Å²) >= 11 is 0. The fraction of sp³-hybridized carbons (Fsp3) is 0.419. The maximum atomic E-state index is 9.75. The summed E-state index contributed by atoms with van der Waals surface area (Å²) in [6, 6.07) is 13.7. The quantitative estimate of drug-likeness (QED) is 0.325. The van der Waals surface area contributed by atoms with E-state index in [1.165, 1.54) is 12.0 Å². The molecule has 0 radical (unpaired) electrons. The number of hydrogen-bond acceptors (Lipinski definition) is 10. The summed E-state index contributed by atoms with van der Waals surface area (Å²) in [5.41, 5.74) is 4.30. The summed E-state index contributed by atoms with van der Waals surface area (Å²) in [4.78, 5) is 16.5. The molecule has 7 rings (SSSR count). The Hall–Kier alpha value is -4.24. The van der Waals surface area contributed by atoms with Crippen LogP contribution in [0.1, 0.15) is 17.5 Å². The Bertz CT molecular complexity index is 1560. The van der Waals surface area contributed by atoms with Crippen molar-refractivity contribution < 1.29 is 9.47 Å². The van der Waals surface area contributed by atoms with Crippen LogP contribution in [-0.4, -0.2) is 101 Å². The summed E-state index contributed by atoms with van der Waals surface area (Å²) in [7, 11) is 1.63. The molecule has 2 atom stereocenters. The van der Waals surface area contributed by atoms with Gasteiger partial charge in [0.2, 0.25) is 5.88 Å². The van der Waals surface area contributed by atoms with Gasteiger partial charge < -0.3 is 19.7 Å². The molecule has 2 unspecified atom stereocenters. The number of hydrogen-bond donors (Lipinski definition) is 1. The highest BCUT2D eigenvalue weighted by Crippen LogP contribution is 2.32. The van der Waals surface area contributed by atoms with Crippen LogP contribution in [0, 0.1) is 11.3 Å². The van der Waals surface area contributed by atoms with Crippen molar-refractivity contribution in [3.05, 3.63) is 66.2 Å². The molecule has 1 N–H and O–H groups in total. The molecule has 2 bridgehead atoms. The lowest BCUT2D eigenvalue weighted by Gasteiger charge is -2.53. The van der Waals surface area contributed by atoms with Crippen LogP contribution in [0.4, 0.5) is 5.82 Å². The van der Waals surface area contributed by atoms with Crippen molar-refractivity contribution in [1.82, 2.24) is 34.7 Å². The third-order valence-corrected chi connectivity index (χ3v) is 8.74. The van der Waals surface area contributed by atoms with Crippen LogP contribution in [0.5, 0.6) is 11.6 Å². The Balaban J connectivity index is 1.02. The first-order valence-electron chi connectivity index (χ1n) is 14.6.